The lowest BCUT2D eigenvalue weighted by atomic mass is 10.2. The van der Waals surface area contributed by atoms with Gasteiger partial charge in [0.1, 0.15) is 0 Å². The van der Waals surface area contributed by atoms with Gasteiger partial charge in [-0.3, -0.25) is 4.79 Å². The van der Waals surface area contributed by atoms with Gasteiger partial charge in [0.25, 0.3) is 0 Å². The van der Waals surface area contributed by atoms with Crippen molar-refractivity contribution in [2.75, 3.05) is 5.75 Å². The number of nitrogens with zero attached hydrogens (tertiary/aromatic N) is 2. The highest BCUT2D eigenvalue weighted by molar-refractivity contribution is 7.99. The van der Waals surface area contributed by atoms with Gasteiger partial charge >= 0.3 is 0 Å². The molecule has 0 saturated carbocycles. The second-order valence-electron chi connectivity index (χ2n) is 4.74. The van der Waals surface area contributed by atoms with Crippen molar-refractivity contribution in [2.45, 2.75) is 38.5 Å². The highest BCUT2D eigenvalue weighted by Gasteiger charge is 2.11. The highest BCUT2D eigenvalue weighted by atomic mass is 32.2. The van der Waals surface area contributed by atoms with Gasteiger partial charge in [0.15, 0.2) is 0 Å². The zero-order valence-corrected chi connectivity index (χ0v) is 13.8. The molecule has 5 nitrogen and oxygen atoms in total. The number of hydrogen-bond acceptors (Lipinski definition) is 6. The Bertz CT molecular complexity index is 554. The Morgan fingerprint density at radius 3 is 3.14 bits per heavy atom. The van der Waals surface area contributed by atoms with Crippen molar-refractivity contribution in [3.05, 3.63) is 23.4 Å². The molecular formula is C14H19N3O2S2. The second kappa shape index (κ2) is 8.19. The first kappa shape index (κ1) is 16.0. The minimum absolute atomic E-state index is 0.0546. The van der Waals surface area contributed by atoms with Crippen LogP contribution in [0.3, 0.4) is 0 Å². The third-order valence-corrected chi connectivity index (χ3v) is 4.58. The molecule has 1 unspecified atom stereocenters. The van der Waals surface area contributed by atoms with Crippen molar-refractivity contribution in [1.29, 1.82) is 0 Å². The lowest BCUT2D eigenvalue weighted by Gasteiger charge is -2.11. The molecule has 0 aliphatic rings. The maximum Gasteiger partial charge on any atom is 0.236 e. The van der Waals surface area contributed by atoms with E-state index in [2.05, 4.69) is 22.4 Å². The minimum Gasteiger partial charge on any atom is -0.353 e. The van der Waals surface area contributed by atoms with E-state index in [1.807, 2.05) is 24.4 Å². The average Bonchev–Trinajstić information content (AvgIpc) is 3.09. The number of rotatable bonds is 8. The smallest absolute Gasteiger partial charge is 0.236 e. The van der Waals surface area contributed by atoms with Crippen molar-refractivity contribution in [2.24, 2.45) is 0 Å². The van der Waals surface area contributed by atoms with E-state index in [1.165, 1.54) is 11.8 Å². The Hall–Kier alpha value is -1.34. The molecule has 0 radical (unpaired) electrons. The highest BCUT2D eigenvalue weighted by Crippen LogP contribution is 2.22. The fraction of sp³-hybridized carbons (Fsp3) is 0.500. The van der Waals surface area contributed by atoms with Crippen LogP contribution in [0, 0.1) is 0 Å². The molecule has 1 amide bonds. The zero-order valence-electron chi connectivity index (χ0n) is 12.2. The van der Waals surface area contributed by atoms with Crippen LogP contribution in [0.15, 0.2) is 22.0 Å². The molecule has 1 N–H and O–H groups in total. The van der Waals surface area contributed by atoms with Crippen LogP contribution in [-0.4, -0.2) is 27.8 Å². The largest absolute Gasteiger partial charge is 0.353 e. The van der Waals surface area contributed by atoms with E-state index in [0.29, 0.717) is 23.2 Å². The lowest BCUT2D eigenvalue weighted by Crippen LogP contribution is -2.33. The number of carbonyl (C=O) groups excluding carboxylic acids is 1. The van der Waals surface area contributed by atoms with Gasteiger partial charge < -0.3 is 9.84 Å². The predicted molar refractivity (Wildman–Crippen MR) is 86.3 cm³/mol. The predicted octanol–water partition coefficient (Wildman–Crippen LogP) is 3.34. The molecule has 21 heavy (non-hydrogen) atoms. The Kier molecular flexibility index (Phi) is 6.25. The van der Waals surface area contributed by atoms with Crippen LogP contribution in [0.5, 0.6) is 0 Å². The number of amides is 1. The standard InChI is InChI=1S/C14H19N3O2S2/c1-3-5-10(2)15-12(18)8-20-9-13-16-14(17-19-13)11-6-4-7-21-11/h4,6-7,10H,3,5,8-9H2,1-2H3,(H,15,18). The summed E-state index contributed by atoms with van der Waals surface area (Å²) in [5.74, 6) is 2.18. The van der Waals surface area contributed by atoms with E-state index in [1.54, 1.807) is 11.3 Å². The summed E-state index contributed by atoms with van der Waals surface area (Å²) in [5.41, 5.74) is 0. The maximum absolute atomic E-state index is 11.7. The average molecular weight is 325 g/mol. The fourth-order valence-electron chi connectivity index (χ4n) is 1.87. The molecule has 2 aromatic rings. The van der Waals surface area contributed by atoms with Crippen LogP contribution in [0.25, 0.3) is 10.7 Å². The summed E-state index contributed by atoms with van der Waals surface area (Å²) in [6, 6.07) is 4.14. The van der Waals surface area contributed by atoms with Crippen molar-refractivity contribution in [3.63, 3.8) is 0 Å². The normalized spacial score (nSPS) is 12.3. The van der Waals surface area contributed by atoms with Crippen LogP contribution in [-0.2, 0) is 10.5 Å². The Labute approximate surface area is 132 Å². The number of carbonyl (C=O) groups is 1. The summed E-state index contributed by atoms with van der Waals surface area (Å²) in [6.45, 7) is 4.13. The van der Waals surface area contributed by atoms with Crippen molar-refractivity contribution >= 4 is 29.0 Å². The summed E-state index contributed by atoms with van der Waals surface area (Å²) in [7, 11) is 0. The summed E-state index contributed by atoms with van der Waals surface area (Å²) < 4.78 is 5.18. The van der Waals surface area contributed by atoms with Crippen LogP contribution < -0.4 is 5.32 Å². The molecule has 114 valence electrons. The molecule has 2 heterocycles. The van der Waals surface area contributed by atoms with Gasteiger partial charge in [-0.2, -0.15) is 4.98 Å². The SMILES string of the molecule is CCCC(C)NC(=O)CSCc1nc(-c2cccs2)no1. The van der Waals surface area contributed by atoms with E-state index in [-0.39, 0.29) is 11.9 Å². The molecule has 0 bridgehead atoms. The third-order valence-electron chi connectivity index (χ3n) is 2.80. The monoisotopic (exact) mass is 325 g/mol. The van der Waals surface area contributed by atoms with E-state index in [4.69, 9.17) is 4.52 Å². The first-order valence-electron chi connectivity index (χ1n) is 6.92. The van der Waals surface area contributed by atoms with Crippen molar-refractivity contribution in [3.8, 4) is 10.7 Å². The van der Waals surface area contributed by atoms with Gasteiger partial charge in [0, 0.05) is 6.04 Å². The van der Waals surface area contributed by atoms with E-state index in [0.717, 1.165) is 17.7 Å². The molecule has 0 aliphatic carbocycles. The molecule has 7 heteroatoms. The molecule has 0 spiro atoms. The molecule has 2 aromatic heterocycles. The molecular weight excluding hydrogens is 306 g/mol. The minimum atomic E-state index is 0.0546. The van der Waals surface area contributed by atoms with E-state index in [9.17, 15) is 4.79 Å². The Morgan fingerprint density at radius 2 is 2.43 bits per heavy atom. The van der Waals surface area contributed by atoms with Crippen LogP contribution in [0.2, 0.25) is 0 Å². The number of thioether (sulfide) groups is 1. The van der Waals surface area contributed by atoms with Gasteiger partial charge in [0.05, 0.1) is 16.4 Å². The lowest BCUT2D eigenvalue weighted by molar-refractivity contribution is -0.119. The van der Waals surface area contributed by atoms with Gasteiger partial charge in [-0.25, -0.2) is 0 Å². The van der Waals surface area contributed by atoms with Gasteiger partial charge in [0.2, 0.25) is 17.6 Å². The van der Waals surface area contributed by atoms with E-state index >= 15 is 0 Å². The summed E-state index contributed by atoms with van der Waals surface area (Å²) in [4.78, 5) is 17.0. The topological polar surface area (TPSA) is 68.0 Å². The zero-order chi connectivity index (χ0) is 15.1. The van der Waals surface area contributed by atoms with Crippen molar-refractivity contribution in [1.82, 2.24) is 15.5 Å². The molecule has 0 aromatic carbocycles. The molecule has 1 atom stereocenters. The third kappa shape index (κ3) is 5.17. The second-order valence-corrected chi connectivity index (χ2v) is 6.67. The van der Waals surface area contributed by atoms with Gasteiger partial charge in [-0.1, -0.05) is 24.6 Å². The fourth-order valence-corrected chi connectivity index (χ4v) is 3.18. The maximum atomic E-state index is 11.7. The van der Waals surface area contributed by atoms with Gasteiger partial charge in [-0.05, 0) is 24.8 Å². The number of aromatic nitrogens is 2. The number of hydrogen-bond donors (Lipinski definition) is 1. The van der Waals surface area contributed by atoms with Gasteiger partial charge in [-0.15, -0.1) is 23.1 Å². The van der Waals surface area contributed by atoms with Crippen LogP contribution in [0.1, 0.15) is 32.6 Å². The Balaban J connectivity index is 1.73. The van der Waals surface area contributed by atoms with Crippen molar-refractivity contribution < 1.29 is 9.32 Å². The van der Waals surface area contributed by atoms with Crippen LogP contribution >= 0.6 is 23.1 Å². The first-order valence-corrected chi connectivity index (χ1v) is 8.96. The quantitative estimate of drug-likeness (QED) is 0.806. The molecule has 0 fully saturated rings. The number of nitrogens with one attached hydrogen (secondary N) is 1. The molecule has 0 saturated heterocycles. The number of thiophene rings is 1. The first-order chi connectivity index (χ1) is 10.2. The molecule has 2 rings (SSSR count). The molecule has 0 aliphatic heterocycles. The summed E-state index contributed by atoms with van der Waals surface area (Å²) in [5, 5.41) is 8.88. The van der Waals surface area contributed by atoms with Crippen LogP contribution in [0.4, 0.5) is 0 Å². The Morgan fingerprint density at radius 1 is 1.57 bits per heavy atom. The summed E-state index contributed by atoms with van der Waals surface area (Å²) >= 11 is 3.05. The summed E-state index contributed by atoms with van der Waals surface area (Å²) in [6.07, 6.45) is 2.08. The van der Waals surface area contributed by atoms with E-state index < -0.39 is 0 Å².